The van der Waals surface area contributed by atoms with E-state index in [1.54, 1.807) is 12.4 Å². The average molecular weight is 414 g/mol. The van der Waals surface area contributed by atoms with Crippen molar-refractivity contribution in [2.24, 2.45) is 0 Å². The molecule has 0 saturated heterocycles. The number of hydrogen-bond donors (Lipinski definition) is 0. The third-order valence-electron chi connectivity index (χ3n) is 5.40. The van der Waals surface area contributed by atoms with Crippen LogP contribution in [0.25, 0.3) is 45.1 Å². The van der Waals surface area contributed by atoms with Crippen molar-refractivity contribution in [1.82, 2.24) is 29.3 Å². The number of rotatable bonds is 4. The molecule has 0 spiro atoms. The number of benzene rings is 2. The fourth-order valence-electron chi connectivity index (χ4n) is 3.84. The zero-order valence-corrected chi connectivity index (χ0v) is 17.1. The highest BCUT2D eigenvalue weighted by Gasteiger charge is 2.14. The van der Waals surface area contributed by atoms with E-state index in [0.29, 0.717) is 0 Å². The molecule has 2 aromatic carbocycles. The predicted molar refractivity (Wildman–Crippen MR) is 125 cm³/mol. The van der Waals surface area contributed by atoms with E-state index < -0.39 is 0 Å². The molecule has 6 heteroatoms. The van der Waals surface area contributed by atoms with Crippen LogP contribution in [0.3, 0.4) is 0 Å². The van der Waals surface area contributed by atoms with Crippen molar-refractivity contribution in [3.05, 3.63) is 110 Å². The summed E-state index contributed by atoms with van der Waals surface area (Å²) in [6.07, 6.45) is 9.27. The first-order valence-corrected chi connectivity index (χ1v) is 10.3. The Hall–Kier alpha value is -4.58. The van der Waals surface area contributed by atoms with E-state index in [4.69, 9.17) is 4.98 Å². The van der Waals surface area contributed by atoms with E-state index >= 15 is 0 Å². The minimum atomic E-state index is 0.812. The molecule has 0 radical (unpaired) electrons. The minimum absolute atomic E-state index is 0.812. The van der Waals surface area contributed by atoms with Crippen LogP contribution in [0, 0.1) is 0 Å². The molecule has 0 fully saturated rings. The summed E-state index contributed by atoms with van der Waals surface area (Å²) < 4.78 is 4.00. The lowest BCUT2D eigenvalue weighted by Crippen LogP contribution is -1.98. The predicted octanol–water partition coefficient (Wildman–Crippen LogP) is 5.34. The van der Waals surface area contributed by atoms with E-state index in [9.17, 15) is 0 Å². The van der Waals surface area contributed by atoms with Crippen LogP contribution in [0.4, 0.5) is 0 Å². The van der Waals surface area contributed by atoms with Gasteiger partial charge in [0, 0.05) is 29.5 Å². The van der Waals surface area contributed by atoms with Gasteiger partial charge in [-0.05, 0) is 54.6 Å². The van der Waals surface area contributed by atoms with Crippen molar-refractivity contribution >= 4 is 10.9 Å². The van der Waals surface area contributed by atoms with Gasteiger partial charge < -0.3 is 0 Å². The van der Waals surface area contributed by atoms with Gasteiger partial charge in [0.2, 0.25) is 0 Å². The standard InChI is InChI=1S/C26H18N6/c1-2-9-25-20(6-1)16-29-32(25)21-12-10-19(11-13-21)26-30-24(23-8-3-4-15-28-23)18-31(26)22-7-5-14-27-17-22/h1-18H. The molecule has 6 aromatic rings. The Morgan fingerprint density at radius 1 is 0.656 bits per heavy atom. The number of imidazole rings is 1. The highest BCUT2D eigenvalue weighted by atomic mass is 15.3. The molecular weight excluding hydrogens is 396 g/mol. The molecule has 0 aliphatic heterocycles. The Morgan fingerprint density at radius 3 is 2.34 bits per heavy atom. The Morgan fingerprint density at radius 2 is 1.53 bits per heavy atom. The summed E-state index contributed by atoms with van der Waals surface area (Å²) in [7, 11) is 0. The molecule has 6 nitrogen and oxygen atoms in total. The minimum Gasteiger partial charge on any atom is -0.298 e. The van der Waals surface area contributed by atoms with Gasteiger partial charge in [0.15, 0.2) is 0 Å². The van der Waals surface area contributed by atoms with Gasteiger partial charge in [-0.3, -0.25) is 14.5 Å². The van der Waals surface area contributed by atoms with Gasteiger partial charge in [-0.15, -0.1) is 0 Å². The van der Waals surface area contributed by atoms with Gasteiger partial charge in [0.1, 0.15) is 11.5 Å². The van der Waals surface area contributed by atoms with E-state index in [0.717, 1.165) is 45.1 Å². The van der Waals surface area contributed by atoms with Gasteiger partial charge in [-0.2, -0.15) is 5.10 Å². The third kappa shape index (κ3) is 3.15. The van der Waals surface area contributed by atoms with Crippen LogP contribution in [0.2, 0.25) is 0 Å². The van der Waals surface area contributed by atoms with Crippen LogP contribution in [-0.4, -0.2) is 29.3 Å². The molecule has 0 amide bonds. The number of para-hydroxylation sites is 1. The van der Waals surface area contributed by atoms with E-state index in [2.05, 4.69) is 56.0 Å². The van der Waals surface area contributed by atoms with Crippen LogP contribution in [0.5, 0.6) is 0 Å². The number of hydrogen-bond acceptors (Lipinski definition) is 4. The third-order valence-corrected chi connectivity index (χ3v) is 5.40. The average Bonchev–Trinajstić information content (AvgIpc) is 3.51. The maximum atomic E-state index is 4.92. The van der Waals surface area contributed by atoms with Gasteiger partial charge in [-0.25, -0.2) is 9.67 Å². The topological polar surface area (TPSA) is 61.4 Å². The first-order valence-electron chi connectivity index (χ1n) is 10.3. The fourth-order valence-corrected chi connectivity index (χ4v) is 3.84. The van der Waals surface area contributed by atoms with Crippen molar-refractivity contribution in [3.63, 3.8) is 0 Å². The monoisotopic (exact) mass is 414 g/mol. The summed E-state index contributed by atoms with van der Waals surface area (Å²) in [5.41, 5.74) is 5.66. The van der Waals surface area contributed by atoms with Crippen LogP contribution in [0.1, 0.15) is 0 Å². The highest BCUT2D eigenvalue weighted by molar-refractivity contribution is 5.80. The molecule has 0 aliphatic carbocycles. The normalized spacial score (nSPS) is 11.1. The molecule has 32 heavy (non-hydrogen) atoms. The first-order chi connectivity index (χ1) is 15.9. The number of aromatic nitrogens is 6. The Kier molecular flexibility index (Phi) is 4.32. The molecular formula is C26H18N6. The quantitative estimate of drug-likeness (QED) is 0.391. The zero-order valence-electron chi connectivity index (χ0n) is 17.1. The summed E-state index contributed by atoms with van der Waals surface area (Å²) in [5, 5.41) is 5.67. The van der Waals surface area contributed by atoms with Crippen molar-refractivity contribution in [2.75, 3.05) is 0 Å². The van der Waals surface area contributed by atoms with E-state index in [-0.39, 0.29) is 0 Å². The van der Waals surface area contributed by atoms with Gasteiger partial charge in [0.05, 0.1) is 35.0 Å². The molecule has 0 N–H and O–H groups in total. The lowest BCUT2D eigenvalue weighted by atomic mass is 10.2. The molecule has 6 rings (SSSR count). The second-order valence-corrected chi connectivity index (χ2v) is 7.41. The molecule has 0 aliphatic rings. The number of pyridine rings is 2. The summed E-state index contributed by atoms with van der Waals surface area (Å²) in [6, 6.07) is 26.2. The zero-order chi connectivity index (χ0) is 21.3. The summed E-state index contributed by atoms with van der Waals surface area (Å²) in [5.74, 6) is 0.829. The van der Waals surface area contributed by atoms with Crippen molar-refractivity contribution in [1.29, 1.82) is 0 Å². The fraction of sp³-hybridized carbons (Fsp3) is 0. The highest BCUT2D eigenvalue weighted by Crippen LogP contribution is 2.28. The van der Waals surface area contributed by atoms with Crippen molar-refractivity contribution in [2.45, 2.75) is 0 Å². The Bertz CT molecular complexity index is 1500. The molecule has 4 heterocycles. The molecule has 0 atom stereocenters. The Labute approximate surface area is 184 Å². The van der Waals surface area contributed by atoms with Crippen molar-refractivity contribution < 1.29 is 0 Å². The molecule has 152 valence electrons. The Balaban J connectivity index is 1.45. The maximum Gasteiger partial charge on any atom is 0.145 e. The molecule has 4 aromatic heterocycles. The van der Waals surface area contributed by atoms with Crippen LogP contribution < -0.4 is 0 Å². The van der Waals surface area contributed by atoms with Gasteiger partial charge >= 0.3 is 0 Å². The lowest BCUT2D eigenvalue weighted by Gasteiger charge is -2.09. The molecule has 0 saturated carbocycles. The van der Waals surface area contributed by atoms with Crippen LogP contribution in [-0.2, 0) is 0 Å². The SMILES string of the molecule is c1ccc(-c2cn(-c3cccnc3)c(-c3ccc(-n4ncc5ccccc54)cc3)n2)nc1. The van der Waals surface area contributed by atoms with Gasteiger partial charge in [0.25, 0.3) is 0 Å². The largest absolute Gasteiger partial charge is 0.298 e. The summed E-state index contributed by atoms with van der Waals surface area (Å²) in [4.78, 5) is 13.7. The number of fused-ring (bicyclic) bond motifs is 1. The second-order valence-electron chi connectivity index (χ2n) is 7.41. The number of nitrogens with zero attached hydrogens (tertiary/aromatic N) is 6. The van der Waals surface area contributed by atoms with E-state index in [1.165, 1.54) is 0 Å². The summed E-state index contributed by atoms with van der Waals surface area (Å²) in [6.45, 7) is 0. The van der Waals surface area contributed by atoms with Crippen LogP contribution >= 0.6 is 0 Å². The maximum absolute atomic E-state index is 4.92. The smallest absolute Gasteiger partial charge is 0.145 e. The molecule has 0 bridgehead atoms. The molecule has 0 unspecified atom stereocenters. The first kappa shape index (κ1) is 18.2. The van der Waals surface area contributed by atoms with Crippen LogP contribution in [0.15, 0.2) is 110 Å². The van der Waals surface area contributed by atoms with Gasteiger partial charge in [-0.1, -0.05) is 24.3 Å². The van der Waals surface area contributed by atoms with E-state index in [1.807, 2.05) is 65.7 Å². The van der Waals surface area contributed by atoms with Crippen molar-refractivity contribution in [3.8, 4) is 34.2 Å². The lowest BCUT2D eigenvalue weighted by molar-refractivity contribution is 0.910. The second kappa shape index (κ2) is 7.59. The summed E-state index contributed by atoms with van der Waals surface area (Å²) >= 11 is 0.